The van der Waals surface area contributed by atoms with E-state index < -0.39 is 47.4 Å². The third kappa shape index (κ3) is 12.9. The van der Waals surface area contributed by atoms with Gasteiger partial charge in [-0.2, -0.15) is 5.26 Å². The summed E-state index contributed by atoms with van der Waals surface area (Å²) in [6.45, 7) is 11.9. The van der Waals surface area contributed by atoms with Gasteiger partial charge < -0.3 is 25.2 Å². The van der Waals surface area contributed by atoms with E-state index in [-0.39, 0.29) is 31.0 Å². The van der Waals surface area contributed by atoms with E-state index in [4.69, 9.17) is 0 Å². The number of amides is 3. The summed E-state index contributed by atoms with van der Waals surface area (Å²) >= 11 is 0. The fourth-order valence-electron chi connectivity index (χ4n) is 3.95. The van der Waals surface area contributed by atoms with Gasteiger partial charge in [-0.1, -0.05) is 59.7 Å². The predicted octanol–water partition coefficient (Wildman–Crippen LogP) is 4.90. The van der Waals surface area contributed by atoms with E-state index in [0.717, 1.165) is 28.8 Å². The minimum Gasteiger partial charge on any atom is -0.388 e. The second-order valence-electron chi connectivity index (χ2n) is 12.5. The molecule has 2 N–H and O–H groups in total. The highest BCUT2D eigenvalue weighted by atomic mass is 19.2. The maximum Gasteiger partial charge on any atom is 0.252 e. The molecular formula is C33H45F2N5O4. The molecule has 3 atom stereocenters. The molecule has 1 fully saturated rings. The molecule has 1 heterocycles. The highest BCUT2D eigenvalue weighted by Crippen LogP contribution is 2.22. The lowest BCUT2D eigenvalue weighted by Crippen LogP contribution is -2.52. The number of hydrogen-bond acceptors (Lipinski definition) is 6. The van der Waals surface area contributed by atoms with Crippen molar-refractivity contribution in [1.82, 2.24) is 15.1 Å². The molecule has 0 aromatic heterocycles. The molecule has 1 aliphatic rings. The van der Waals surface area contributed by atoms with E-state index in [1.54, 1.807) is 13.8 Å². The number of nitrogens with zero attached hydrogens (tertiary/aromatic N) is 3. The Bertz CT molecular complexity index is 1290. The van der Waals surface area contributed by atoms with Crippen molar-refractivity contribution >= 4 is 29.7 Å². The highest BCUT2D eigenvalue weighted by molar-refractivity contribution is 5.98. The van der Waals surface area contributed by atoms with Crippen LogP contribution in [0.4, 0.5) is 14.5 Å². The molecule has 1 aliphatic heterocycles. The molecule has 11 heteroatoms. The fraction of sp³-hybridized carbons (Fsp3) is 0.485. The number of rotatable bonds is 8. The Hall–Kier alpha value is -4.33. The first kappa shape index (κ1) is 37.7. The number of likely N-dealkylation sites (tertiary alicyclic amines) is 1. The van der Waals surface area contributed by atoms with Crippen LogP contribution in [0.1, 0.15) is 58.3 Å². The maximum atomic E-state index is 13.4. The van der Waals surface area contributed by atoms with E-state index in [1.807, 2.05) is 43.4 Å². The number of aldehydes is 1. The van der Waals surface area contributed by atoms with Crippen molar-refractivity contribution in [2.24, 2.45) is 17.3 Å². The number of carbonyl (C=O) groups excluding carboxylic acids is 4. The van der Waals surface area contributed by atoms with Gasteiger partial charge in [-0.25, -0.2) is 8.78 Å². The molecule has 0 aliphatic carbocycles. The van der Waals surface area contributed by atoms with E-state index >= 15 is 0 Å². The second-order valence-corrected chi connectivity index (χ2v) is 12.5. The summed E-state index contributed by atoms with van der Waals surface area (Å²) < 4.78 is 26.5. The molecule has 2 aromatic carbocycles. The Morgan fingerprint density at radius 2 is 1.68 bits per heavy atom. The molecule has 0 bridgehead atoms. The number of benzene rings is 2. The van der Waals surface area contributed by atoms with E-state index in [1.165, 1.54) is 11.9 Å². The van der Waals surface area contributed by atoms with Gasteiger partial charge in [0, 0.05) is 37.8 Å². The Morgan fingerprint density at radius 1 is 1.09 bits per heavy atom. The number of nitrogens with one attached hydrogen (secondary N) is 2. The van der Waals surface area contributed by atoms with Gasteiger partial charge in [-0.15, -0.1) is 0 Å². The molecule has 0 radical (unpaired) electrons. The van der Waals surface area contributed by atoms with Gasteiger partial charge >= 0.3 is 0 Å². The zero-order valence-corrected chi connectivity index (χ0v) is 26.9. The van der Waals surface area contributed by atoms with Crippen molar-refractivity contribution < 1.29 is 28.0 Å². The third-order valence-electron chi connectivity index (χ3n) is 6.21. The van der Waals surface area contributed by atoms with E-state index in [9.17, 15) is 33.2 Å². The molecule has 1 saturated heterocycles. The Labute approximate surface area is 259 Å². The van der Waals surface area contributed by atoms with Crippen LogP contribution in [-0.4, -0.2) is 73.1 Å². The van der Waals surface area contributed by atoms with Crippen LogP contribution < -0.4 is 10.6 Å². The average molecular weight is 614 g/mol. The maximum absolute atomic E-state index is 13.4. The van der Waals surface area contributed by atoms with E-state index in [0.29, 0.717) is 11.7 Å². The molecular weight excluding hydrogens is 568 g/mol. The Morgan fingerprint density at radius 3 is 2.14 bits per heavy atom. The largest absolute Gasteiger partial charge is 0.388 e. The van der Waals surface area contributed by atoms with Crippen LogP contribution in [0.2, 0.25) is 0 Å². The Kier molecular flexibility index (Phi) is 15.2. The lowest BCUT2D eigenvalue weighted by Gasteiger charge is -2.28. The van der Waals surface area contributed by atoms with Gasteiger partial charge in [-0.3, -0.25) is 14.4 Å². The van der Waals surface area contributed by atoms with Gasteiger partial charge in [0.05, 0.1) is 12.6 Å². The summed E-state index contributed by atoms with van der Waals surface area (Å²) in [6.07, 6.45) is 0.956. The second kappa shape index (κ2) is 17.7. The van der Waals surface area contributed by atoms with Crippen molar-refractivity contribution in [3.05, 3.63) is 65.7 Å². The zero-order valence-electron chi connectivity index (χ0n) is 26.9. The molecule has 44 heavy (non-hydrogen) atoms. The molecule has 3 amide bonds. The zero-order chi connectivity index (χ0) is 33.6. The molecule has 9 nitrogen and oxygen atoms in total. The van der Waals surface area contributed by atoms with Crippen molar-refractivity contribution in [3.63, 3.8) is 0 Å². The number of hydrogen-bond donors (Lipinski definition) is 2. The van der Waals surface area contributed by atoms with Gasteiger partial charge in [0.2, 0.25) is 11.8 Å². The van der Waals surface area contributed by atoms with Crippen LogP contribution in [0.15, 0.2) is 48.5 Å². The van der Waals surface area contributed by atoms with Crippen LogP contribution in [0.25, 0.3) is 0 Å². The molecule has 3 rings (SSSR count). The first-order valence-corrected chi connectivity index (χ1v) is 14.4. The summed E-state index contributed by atoms with van der Waals surface area (Å²) in [6, 6.07) is 12.9. The molecule has 0 saturated carbocycles. The highest BCUT2D eigenvalue weighted by Gasteiger charge is 2.36. The van der Waals surface area contributed by atoms with Crippen LogP contribution in [0.5, 0.6) is 0 Å². The smallest absolute Gasteiger partial charge is 0.252 e. The van der Waals surface area contributed by atoms with Crippen molar-refractivity contribution in [2.75, 3.05) is 32.5 Å². The first-order chi connectivity index (χ1) is 20.5. The van der Waals surface area contributed by atoms with Crippen molar-refractivity contribution in [2.45, 2.75) is 60.0 Å². The van der Waals surface area contributed by atoms with Crippen LogP contribution in [-0.2, 0) is 14.4 Å². The van der Waals surface area contributed by atoms with Crippen LogP contribution >= 0.6 is 0 Å². The van der Waals surface area contributed by atoms with Gasteiger partial charge in [0.15, 0.2) is 11.6 Å². The lowest BCUT2D eigenvalue weighted by atomic mass is 10.0. The minimum absolute atomic E-state index is 0.114. The average Bonchev–Trinajstić information content (AvgIpc) is 3.40. The molecule has 240 valence electrons. The number of likely N-dealkylation sites (N-methyl/N-ethyl adjacent to an activating group) is 1. The number of para-hydroxylation sites is 1. The minimum atomic E-state index is -1.19. The lowest BCUT2D eigenvalue weighted by molar-refractivity contribution is -0.141. The molecule has 0 spiro atoms. The number of halogens is 2. The topological polar surface area (TPSA) is 123 Å². The van der Waals surface area contributed by atoms with Crippen LogP contribution in [0.3, 0.4) is 0 Å². The summed E-state index contributed by atoms with van der Waals surface area (Å²) in [5, 5.41) is 14.7. The van der Waals surface area contributed by atoms with Crippen LogP contribution in [0, 0.1) is 40.2 Å². The monoisotopic (exact) mass is 613 g/mol. The summed E-state index contributed by atoms with van der Waals surface area (Å²) in [4.78, 5) is 51.3. The standard InChI is InChI=1S/C21H24F2N4O4.C7H9N.C5H12/c1-12(2)19(25-20(30)14-4-5-16(22)17(23)7-14)21(31)26(3)10-18(29)27-9-13(11-28)6-15(27)8-24;1-8-7-5-3-2-4-6-7;1-5(2,3)4/h4-5,7,11-13,15,19H,6,9-10H2,1-3H3,(H,25,30);2-6,8H,1H3;1-4H3. The number of nitriles is 1. The van der Waals surface area contributed by atoms with E-state index in [2.05, 4.69) is 38.3 Å². The quantitative estimate of drug-likeness (QED) is 0.409. The normalized spacial score (nSPS) is 16.3. The van der Waals surface area contributed by atoms with Gasteiger partial charge in [0.25, 0.3) is 5.91 Å². The summed E-state index contributed by atoms with van der Waals surface area (Å²) in [7, 11) is 3.29. The van der Waals surface area contributed by atoms with Crippen molar-refractivity contribution in [3.8, 4) is 6.07 Å². The SMILES string of the molecule is CC(C)(C)C.CC(C)C(NC(=O)c1ccc(F)c(F)c1)C(=O)N(C)CC(=O)N1CC(C=O)CC1C#N.CNc1ccccc1. The molecule has 3 unspecified atom stereocenters. The summed E-state index contributed by atoms with van der Waals surface area (Å²) in [5.74, 6) is -4.87. The molecule has 2 aromatic rings. The predicted molar refractivity (Wildman–Crippen MR) is 166 cm³/mol. The summed E-state index contributed by atoms with van der Waals surface area (Å²) in [5.41, 5.74) is 1.51. The number of anilines is 1. The van der Waals surface area contributed by atoms with Crippen molar-refractivity contribution in [1.29, 1.82) is 5.26 Å². The fourth-order valence-corrected chi connectivity index (χ4v) is 3.95. The number of carbonyl (C=O) groups is 4. The first-order valence-electron chi connectivity index (χ1n) is 14.4. The third-order valence-corrected chi connectivity index (χ3v) is 6.21. The van der Waals surface area contributed by atoms with Gasteiger partial charge in [-0.05, 0) is 48.1 Å². The van der Waals surface area contributed by atoms with Gasteiger partial charge in [0.1, 0.15) is 18.4 Å². The Balaban J connectivity index is 0.000000613.